The SMILES string of the molecule is CC1SCCC1Nc1ccc(O)cc1[N+](=O)[O-]. The fourth-order valence-corrected chi connectivity index (χ4v) is 3.11. The molecule has 1 saturated heterocycles. The van der Waals surface area contributed by atoms with Crippen LogP contribution in [0.1, 0.15) is 13.3 Å². The van der Waals surface area contributed by atoms with Gasteiger partial charge in [-0.05, 0) is 24.3 Å². The van der Waals surface area contributed by atoms with Crippen molar-refractivity contribution in [3.63, 3.8) is 0 Å². The molecule has 6 heteroatoms. The maximum Gasteiger partial charge on any atom is 0.296 e. The van der Waals surface area contributed by atoms with E-state index >= 15 is 0 Å². The first-order chi connectivity index (χ1) is 8.08. The number of phenols is 1. The average Bonchev–Trinajstić information content (AvgIpc) is 2.67. The van der Waals surface area contributed by atoms with Crippen molar-refractivity contribution in [2.24, 2.45) is 0 Å². The van der Waals surface area contributed by atoms with Gasteiger partial charge >= 0.3 is 0 Å². The Morgan fingerprint density at radius 2 is 2.35 bits per heavy atom. The van der Waals surface area contributed by atoms with E-state index < -0.39 is 4.92 Å². The van der Waals surface area contributed by atoms with Crippen LogP contribution in [0.3, 0.4) is 0 Å². The van der Waals surface area contributed by atoms with E-state index in [2.05, 4.69) is 12.2 Å². The summed E-state index contributed by atoms with van der Waals surface area (Å²) in [5.74, 6) is 0.987. The molecule has 0 aliphatic carbocycles. The van der Waals surface area contributed by atoms with Gasteiger partial charge in [-0.15, -0.1) is 0 Å². The number of hydrogen-bond acceptors (Lipinski definition) is 5. The van der Waals surface area contributed by atoms with Crippen LogP contribution >= 0.6 is 11.8 Å². The fourth-order valence-electron chi connectivity index (χ4n) is 1.91. The fraction of sp³-hybridized carbons (Fsp3) is 0.455. The van der Waals surface area contributed by atoms with Gasteiger partial charge in [-0.2, -0.15) is 11.8 Å². The maximum atomic E-state index is 10.9. The molecule has 0 bridgehead atoms. The topological polar surface area (TPSA) is 75.4 Å². The number of aromatic hydroxyl groups is 1. The van der Waals surface area contributed by atoms with Gasteiger partial charge in [0.2, 0.25) is 0 Å². The van der Waals surface area contributed by atoms with Gasteiger partial charge in [-0.25, -0.2) is 0 Å². The van der Waals surface area contributed by atoms with Crippen LogP contribution < -0.4 is 5.32 Å². The molecular weight excluding hydrogens is 240 g/mol. The second-order valence-corrected chi connectivity index (χ2v) is 5.56. The van der Waals surface area contributed by atoms with Gasteiger partial charge in [0.1, 0.15) is 11.4 Å². The lowest BCUT2D eigenvalue weighted by Gasteiger charge is -2.17. The molecule has 2 atom stereocenters. The van der Waals surface area contributed by atoms with Crippen LogP contribution in [-0.4, -0.2) is 27.1 Å². The molecule has 5 nitrogen and oxygen atoms in total. The van der Waals surface area contributed by atoms with Gasteiger partial charge in [0.25, 0.3) is 5.69 Å². The van der Waals surface area contributed by atoms with Crippen LogP contribution in [0.25, 0.3) is 0 Å². The molecule has 92 valence electrons. The van der Waals surface area contributed by atoms with Crippen LogP contribution in [0, 0.1) is 10.1 Å². The van der Waals surface area contributed by atoms with Gasteiger partial charge in [0.15, 0.2) is 0 Å². The lowest BCUT2D eigenvalue weighted by atomic mass is 10.1. The van der Waals surface area contributed by atoms with E-state index in [0.717, 1.165) is 12.2 Å². The Morgan fingerprint density at radius 1 is 1.59 bits per heavy atom. The lowest BCUT2D eigenvalue weighted by Crippen LogP contribution is -2.25. The van der Waals surface area contributed by atoms with E-state index in [4.69, 9.17) is 0 Å². The molecule has 1 aromatic carbocycles. The summed E-state index contributed by atoms with van der Waals surface area (Å²) in [6.07, 6.45) is 1.00. The van der Waals surface area contributed by atoms with Crippen molar-refractivity contribution >= 4 is 23.1 Å². The zero-order chi connectivity index (χ0) is 12.4. The van der Waals surface area contributed by atoms with E-state index in [9.17, 15) is 15.2 Å². The Bertz CT molecular complexity index is 439. The highest BCUT2D eigenvalue weighted by Gasteiger charge is 2.26. The number of thioether (sulfide) groups is 1. The van der Waals surface area contributed by atoms with Crippen molar-refractivity contribution in [1.29, 1.82) is 0 Å². The molecule has 0 radical (unpaired) electrons. The van der Waals surface area contributed by atoms with Gasteiger partial charge in [-0.1, -0.05) is 6.92 Å². The molecule has 0 amide bonds. The second-order valence-electron chi connectivity index (χ2n) is 4.07. The van der Waals surface area contributed by atoms with Crippen molar-refractivity contribution < 1.29 is 10.0 Å². The number of anilines is 1. The van der Waals surface area contributed by atoms with Gasteiger partial charge in [0, 0.05) is 11.3 Å². The Balaban J connectivity index is 2.22. The van der Waals surface area contributed by atoms with Crippen LogP contribution in [0.15, 0.2) is 18.2 Å². The minimum Gasteiger partial charge on any atom is -0.508 e. The number of nitrogens with one attached hydrogen (secondary N) is 1. The first-order valence-corrected chi connectivity index (χ1v) is 6.48. The van der Waals surface area contributed by atoms with E-state index in [0.29, 0.717) is 10.9 Å². The summed E-state index contributed by atoms with van der Waals surface area (Å²) in [7, 11) is 0. The third-order valence-corrected chi connectivity index (χ3v) is 4.22. The Morgan fingerprint density at radius 3 is 2.94 bits per heavy atom. The van der Waals surface area contributed by atoms with Crippen LogP contribution in [0.5, 0.6) is 5.75 Å². The summed E-state index contributed by atoms with van der Waals surface area (Å²) in [5.41, 5.74) is 0.404. The summed E-state index contributed by atoms with van der Waals surface area (Å²) in [4.78, 5) is 10.4. The summed E-state index contributed by atoms with van der Waals surface area (Å²) in [6.45, 7) is 2.11. The third kappa shape index (κ3) is 2.63. The quantitative estimate of drug-likeness (QED) is 0.492. The van der Waals surface area contributed by atoms with Crippen LogP contribution in [0.4, 0.5) is 11.4 Å². The van der Waals surface area contributed by atoms with Crippen molar-refractivity contribution in [3.05, 3.63) is 28.3 Å². The largest absolute Gasteiger partial charge is 0.508 e. The second kappa shape index (κ2) is 4.83. The van der Waals surface area contributed by atoms with Crippen LogP contribution in [0.2, 0.25) is 0 Å². The number of nitro benzene ring substituents is 1. The Hall–Kier alpha value is -1.43. The minimum absolute atomic E-state index is 0.0749. The minimum atomic E-state index is -0.477. The lowest BCUT2D eigenvalue weighted by molar-refractivity contribution is -0.384. The highest BCUT2D eigenvalue weighted by Crippen LogP contribution is 2.33. The Kier molecular flexibility index (Phi) is 3.42. The van der Waals surface area contributed by atoms with Gasteiger partial charge < -0.3 is 10.4 Å². The molecule has 2 unspecified atom stereocenters. The van der Waals surface area contributed by atoms with Crippen molar-refractivity contribution in [1.82, 2.24) is 0 Å². The summed E-state index contributed by atoms with van der Waals surface area (Å²) < 4.78 is 0. The molecule has 0 spiro atoms. The first kappa shape index (κ1) is 12.0. The standard InChI is InChI=1S/C11H14N2O3S/c1-7-9(4-5-17-7)12-10-3-2-8(14)6-11(10)13(15)16/h2-3,6-7,9,12,14H,4-5H2,1H3. The van der Waals surface area contributed by atoms with Crippen molar-refractivity contribution in [2.45, 2.75) is 24.6 Å². The highest BCUT2D eigenvalue weighted by atomic mass is 32.2. The number of rotatable bonds is 3. The smallest absolute Gasteiger partial charge is 0.296 e. The molecular formula is C11H14N2O3S. The van der Waals surface area contributed by atoms with E-state index in [1.54, 1.807) is 6.07 Å². The maximum absolute atomic E-state index is 10.9. The first-order valence-electron chi connectivity index (χ1n) is 5.43. The molecule has 1 aliphatic rings. The van der Waals surface area contributed by atoms with E-state index in [1.807, 2.05) is 11.8 Å². The number of hydrogen-bond donors (Lipinski definition) is 2. The average molecular weight is 254 g/mol. The highest BCUT2D eigenvalue weighted by molar-refractivity contribution is 8.00. The number of nitrogens with zero attached hydrogens (tertiary/aromatic N) is 1. The number of phenolic OH excluding ortho intramolecular Hbond substituents is 1. The molecule has 1 aliphatic heterocycles. The molecule has 0 aromatic heterocycles. The monoisotopic (exact) mass is 254 g/mol. The summed E-state index contributed by atoms with van der Waals surface area (Å²) in [5, 5.41) is 23.8. The van der Waals surface area contributed by atoms with Crippen molar-refractivity contribution in [3.8, 4) is 5.75 Å². The predicted octanol–water partition coefficient (Wildman–Crippen LogP) is 2.61. The molecule has 17 heavy (non-hydrogen) atoms. The number of nitro groups is 1. The van der Waals surface area contributed by atoms with E-state index in [1.165, 1.54) is 12.1 Å². The molecule has 1 aromatic rings. The summed E-state index contributed by atoms with van der Waals surface area (Å²) in [6, 6.07) is 4.45. The zero-order valence-electron chi connectivity index (χ0n) is 9.42. The number of benzene rings is 1. The van der Waals surface area contributed by atoms with Crippen molar-refractivity contribution in [2.75, 3.05) is 11.1 Å². The summed E-state index contributed by atoms with van der Waals surface area (Å²) >= 11 is 1.86. The Labute approximate surface area is 103 Å². The molecule has 0 saturated carbocycles. The molecule has 2 rings (SSSR count). The third-order valence-electron chi connectivity index (χ3n) is 2.90. The zero-order valence-corrected chi connectivity index (χ0v) is 10.2. The molecule has 1 heterocycles. The van der Waals surface area contributed by atoms with Gasteiger partial charge in [0.05, 0.1) is 11.0 Å². The van der Waals surface area contributed by atoms with Crippen LogP contribution in [-0.2, 0) is 0 Å². The molecule has 2 N–H and O–H groups in total. The predicted molar refractivity (Wildman–Crippen MR) is 68.7 cm³/mol. The van der Waals surface area contributed by atoms with Gasteiger partial charge in [-0.3, -0.25) is 10.1 Å². The normalized spacial score (nSPS) is 23.6. The molecule has 1 fully saturated rings. The van der Waals surface area contributed by atoms with E-state index in [-0.39, 0.29) is 17.5 Å².